The zero-order valence-electron chi connectivity index (χ0n) is 9.55. The van der Waals surface area contributed by atoms with Gasteiger partial charge in [0, 0.05) is 19.2 Å². The Morgan fingerprint density at radius 3 is 2.82 bits per heavy atom. The molecule has 0 spiro atoms. The van der Waals surface area contributed by atoms with Gasteiger partial charge < -0.3 is 10.9 Å². The Bertz CT molecular complexity index is 598. The quantitative estimate of drug-likeness (QED) is 0.559. The zero-order chi connectivity index (χ0) is 12.0. The molecule has 0 atom stereocenters. The minimum absolute atomic E-state index is 0.0118. The van der Waals surface area contributed by atoms with E-state index in [1.165, 1.54) is 11.1 Å². The second kappa shape index (κ2) is 3.53. The lowest BCUT2D eigenvalue weighted by atomic mass is 10.1. The minimum Gasteiger partial charge on any atom is -0.594 e. The van der Waals surface area contributed by atoms with Gasteiger partial charge in [-0.3, -0.25) is 4.90 Å². The Hall–Kier alpha value is -1.95. The van der Waals surface area contributed by atoms with Crippen LogP contribution >= 0.6 is 0 Å². The summed E-state index contributed by atoms with van der Waals surface area (Å²) in [7, 11) is 0. The maximum absolute atomic E-state index is 11.6. The van der Waals surface area contributed by atoms with E-state index in [-0.39, 0.29) is 5.95 Å². The van der Waals surface area contributed by atoms with E-state index >= 15 is 0 Å². The lowest BCUT2D eigenvalue weighted by Gasteiger charge is -2.09. The molecule has 6 heteroatoms. The van der Waals surface area contributed by atoms with E-state index in [1.807, 2.05) is 12.1 Å². The summed E-state index contributed by atoms with van der Waals surface area (Å²) in [5, 5.41) is 15.2. The average molecular weight is 231 g/mol. The van der Waals surface area contributed by atoms with Gasteiger partial charge in [0.05, 0.1) is 5.10 Å². The number of nitrogens with zero attached hydrogens (tertiary/aromatic N) is 4. The highest BCUT2D eigenvalue weighted by atomic mass is 16.5. The second-order valence-electron chi connectivity index (χ2n) is 4.26. The molecule has 17 heavy (non-hydrogen) atoms. The summed E-state index contributed by atoms with van der Waals surface area (Å²) in [6.07, 6.45) is 0. The van der Waals surface area contributed by atoms with Crippen LogP contribution in [0.4, 0.5) is 5.95 Å². The van der Waals surface area contributed by atoms with Gasteiger partial charge >= 0.3 is 0 Å². The fraction of sp³-hybridized carbons (Fsp3) is 0.364. The minimum atomic E-state index is 0.0118. The fourth-order valence-corrected chi connectivity index (χ4v) is 2.25. The molecule has 0 amide bonds. The molecule has 2 aromatic rings. The van der Waals surface area contributed by atoms with E-state index in [0.717, 1.165) is 19.6 Å². The van der Waals surface area contributed by atoms with E-state index in [1.54, 1.807) is 0 Å². The van der Waals surface area contributed by atoms with Crippen LogP contribution in [0, 0.1) is 5.21 Å². The van der Waals surface area contributed by atoms with E-state index in [9.17, 15) is 5.21 Å². The topological polar surface area (TPSA) is 82.0 Å². The maximum atomic E-state index is 11.6. The van der Waals surface area contributed by atoms with E-state index in [2.05, 4.69) is 21.9 Å². The van der Waals surface area contributed by atoms with Crippen LogP contribution in [0.5, 0.6) is 0 Å². The molecular formula is C11H13N5O. The standard InChI is InChI=1S/C11H13N5O/c1-2-15-5-7-3-9-10(4-8(7)6-15)16(17)14-11(12)13-9/h3-4H,2,5-6H2,1H3,(H2,12,13,14). The summed E-state index contributed by atoms with van der Waals surface area (Å²) in [4.78, 5) is 6.94. The molecule has 1 aromatic heterocycles. The van der Waals surface area contributed by atoms with Crippen molar-refractivity contribution >= 4 is 17.0 Å². The Labute approximate surface area is 98.3 Å². The van der Waals surface area contributed by atoms with Crippen LogP contribution in [0.15, 0.2) is 12.1 Å². The molecule has 0 bridgehead atoms. The van der Waals surface area contributed by atoms with Crippen molar-refractivity contribution in [1.29, 1.82) is 0 Å². The molecule has 88 valence electrons. The molecule has 0 radical (unpaired) electrons. The first kappa shape index (κ1) is 10.2. The number of nitrogen functional groups attached to an aromatic ring is 1. The van der Waals surface area contributed by atoms with E-state index in [0.29, 0.717) is 15.9 Å². The highest BCUT2D eigenvalue weighted by Gasteiger charge is 2.21. The highest BCUT2D eigenvalue weighted by molar-refractivity contribution is 5.74. The Balaban J connectivity index is 2.20. The van der Waals surface area contributed by atoms with Crippen LogP contribution in [-0.2, 0) is 13.1 Å². The molecule has 0 aliphatic carbocycles. The third kappa shape index (κ3) is 1.57. The number of hydrogen-bond acceptors (Lipinski definition) is 5. The number of benzene rings is 1. The first-order valence-corrected chi connectivity index (χ1v) is 5.58. The number of hydrogen-bond donors (Lipinski definition) is 1. The van der Waals surface area contributed by atoms with Crippen LogP contribution in [0.2, 0.25) is 0 Å². The lowest BCUT2D eigenvalue weighted by molar-refractivity contribution is -0.641. The fourth-order valence-electron chi connectivity index (χ4n) is 2.25. The van der Waals surface area contributed by atoms with Gasteiger partial charge in [-0.05, 0) is 28.6 Å². The van der Waals surface area contributed by atoms with Gasteiger partial charge in [0.2, 0.25) is 0 Å². The molecule has 2 heterocycles. The highest BCUT2D eigenvalue weighted by Crippen LogP contribution is 2.25. The van der Waals surface area contributed by atoms with Gasteiger partial charge in [0.15, 0.2) is 0 Å². The molecule has 3 rings (SSSR count). The molecule has 1 aromatic carbocycles. The molecule has 0 saturated heterocycles. The van der Waals surface area contributed by atoms with Crippen molar-refractivity contribution in [3.05, 3.63) is 28.5 Å². The smallest absolute Gasteiger partial charge is 0.288 e. The number of nitrogens with two attached hydrogens (primary N) is 1. The van der Waals surface area contributed by atoms with Gasteiger partial charge in [-0.25, -0.2) is 4.98 Å². The monoisotopic (exact) mass is 231 g/mol. The van der Waals surface area contributed by atoms with Crippen LogP contribution in [0.25, 0.3) is 11.0 Å². The number of aromatic nitrogens is 3. The average Bonchev–Trinajstić information content (AvgIpc) is 2.68. The molecule has 0 fully saturated rings. The van der Waals surface area contributed by atoms with Crippen LogP contribution in [0.1, 0.15) is 18.1 Å². The van der Waals surface area contributed by atoms with Crippen LogP contribution < -0.4 is 10.6 Å². The summed E-state index contributed by atoms with van der Waals surface area (Å²) in [6, 6.07) is 3.81. The zero-order valence-corrected chi connectivity index (χ0v) is 9.55. The summed E-state index contributed by atoms with van der Waals surface area (Å²) in [5.41, 5.74) is 8.97. The van der Waals surface area contributed by atoms with Gasteiger partial charge in [0.1, 0.15) is 5.52 Å². The van der Waals surface area contributed by atoms with Crippen molar-refractivity contribution in [1.82, 2.24) is 15.0 Å². The lowest BCUT2D eigenvalue weighted by Crippen LogP contribution is -2.33. The molecular weight excluding hydrogens is 218 g/mol. The van der Waals surface area contributed by atoms with Crippen molar-refractivity contribution < 1.29 is 4.85 Å². The summed E-state index contributed by atoms with van der Waals surface area (Å²) in [6.45, 7) is 4.91. The SMILES string of the molecule is CCN1Cc2cc3nc(N)n[n+]([O-])c3cc2C1. The van der Waals surface area contributed by atoms with Gasteiger partial charge in [-0.2, -0.15) is 0 Å². The van der Waals surface area contributed by atoms with E-state index in [4.69, 9.17) is 5.73 Å². The largest absolute Gasteiger partial charge is 0.594 e. The summed E-state index contributed by atoms with van der Waals surface area (Å²) >= 11 is 0. The first-order chi connectivity index (χ1) is 8.17. The number of rotatable bonds is 1. The number of anilines is 1. The van der Waals surface area contributed by atoms with Crippen molar-refractivity contribution in [2.24, 2.45) is 0 Å². The van der Waals surface area contributed by atoms with Crippen LogP contribution in [-0.4, -0.2) is 21.5 Å². The molecule has 1 aliphatic rings. The van der Waals surface area contributed by atoms with Gasteiger partial charge in [0.25, 0.3) is 11.5 Å². The van der Waals surface area contributed by atoms with Gasteiger partial charge in [-0.1, -0.05) is 6.92 Å². The molecule has 0 unspecified atom stereocenters. The Kier molecular flexibility index (Phi) is 2.12. The third-order valence-corrected chi connectivity index (χ3v) is 3.17. The molecule has 1 aliphatic heterocycles. The molecule has 2 N–H and O–H groups in total. The van der Waals surface area contributed by atoms with Crippen molar-refractivity contribution in [2.45, 2.75) is 20.0 Å². The molecule has 0 saturated carbocycles. The first-order valence-electron chi connectivity index (χ1n) is 5.58. The van der Waals surface area contributed by atoms with Crippen molar-refractivity contribution in [3.63, 3.8) is 0 Å². The third-order valence-electron chi connectivity index (χ3n) is 3.17. The van der Waals surface area contributed by atoms with Crippen molar-refractivity contribution in [3.8, 4) is 0 Å². The van der Waals surface area contributed by atoms with Crippen molar-refractivity contribution in [2.75, 3.05) is 12.3 Å². The Morgan fingerprint density at radius 2 is 2.12 bits per heavy atom. The normalized spacial score (nSPS) is 15.4. The summed E-state index contributed by atoms with van der Waals surface area (Å²) in [5.74, 6) is 0.0118. The second-order valence-corrected chi connectivity index (χ2v) is 4.26. The Morgan fingerprint density at radius 1 is 1.41 bits per heavy atom. The number of fused-ring (bicyclic) bond motifs is 2. The molecule has 6 nitrogen and oxygen atoms in total. The predicted molar refractivity (Wildman–Crippen MR) is 62.7 cm³/mol. The maximum Gasteiger partial charge on any atom is 0.288 e. The predicted octanol–water partition coefficient (Wildman–Crippen LogP) is 0.181. The van der Waals surface area contributed by atoms with Gasteiger partial charge in [-0.15, -0.1) is 0 Å². The van der Waals surface area contributed by atoms with E-state index < -0.39 is 0 Å². The summed E-state index contributed by atoms with van der Waals surface area (Å²) < 4.78 is 0. The van der Waals surface area contributed by atoms with Crippen LogP contribution in [0.3, 0.4) is 0 Å².